The van der Waals surface area contributed by atoms with E-state index in [0.717, 1.165) is 0 Å². The molecule has 0 saturated carbocycles. The third kappa shape index (κ3) is 2.12. The molecule has 1 fully saturated rings. The monoisotopic (exact) mass is 212 g/mol. The fourth-order valence-electron chi connectivity index (χ4n) is 1.23. The minimum Gasteiger partial charge on any atom is -0.394 e. The van der Waals surface area contributed by atoms with Crippen LogP contribution in [0.2, 0.25) is 0 Å². The second kappa shape index (κ2) is 4.54. The predicted molar refractivity (Wildman–Crippen MR) is 44.4 cm³/mol. The van der Waals surface area contributed by atoms with E-state index in [4.69, 9.17) is 26.2 Å². The molecule has 78 valence electrons. The van der Waals surface area contributed by atoms with Gasteiger partial charge in [0.2, 0.25) is 0 Å². The van der Waals surface area contributed by atoms with Crippen LogP contribution in [0.3, 0.4) is 0 Å². The third-order valence-corrected chi connectivity index (χ3v) is 2.50. The summed E-state index contributed by atoms with van der Waals surface area (Å²) in [5, 5.41) is 26.7. The molecule has 5 nitrogen and oxygen atoms in total. The second-order valence-electron chi connectivity index (χ2n) is 2.89. The molecule has 0 bridgehead atoms. The van der Waals surface area contributed by atoms with Gasteiger partial charge in [0, 0.05) is 7.11 Å². The molecular weight excluding hydrogens is 200 g/mol. The lowest BCUT2D eigenvalue weighted by molar-refractivity contribution is -0.245. The molecule has 1 aliphatic heterocycles. The van der Waals surface area contributed by atoms with Crippen LogP contribution < -0.4 is 0 Å². The van der Waals surface area contributed by atoms with Crippen molar-refractivity contribution in [1.82, 2.24) is 0 Å². The lowest BCUT2D eigenvalue weighted by Crippen LogP contribution is -2.57. The number of methoxy groups -OCH3 is 1. The van der Waals surface area contributed by atoms with Gasteiger partial charge in [0.25, 0.3) is 0 Å². The maximum Gasteiger partial charge on any atom is 0.176 e. The highest BCUT2D eigenvalue weighted by Crippen LogP contribution is 2.25. The van der Waals surface area contributed by atoms with Gasteiger partial charge in [-0.05, 0) is 0 Å². The smallest absolute Gasteiger partial charge is 0.176 e. The average Bonchev–Trinajstić information content (AvgIpc) is 2.15. The number of ether oxygens (including phenoxy) is 2. The first-order valence-corrected chi connectivity index (χ1v) is 4.34. The summed E-state index contributed by atoms with van der Waals surface area (Å²) < 4.78 is 9.88. The Kier molecular flexibility index (Phi) is 3.90. The van der Waals surface area contributed by atoms with Gasteiger partial charge in [-0.2, -0.15) is 0 Å². The molecular formula is C7H13ClO5. The minimum absolute atomic E-state index is 0.387. The van der Waals surface area contributed by atoms with Crippen LogP contribution in [-0.4, -0.2) is 59.0 Å². The number of hydrogen-bond donors (Lipinski definition) is 3. The first-order chi connectivity index (χ1) is 6.11. The predicted octanol–water partition coefficient (Wildman–Crippen LogP) is -1.32. The molecule has 1 rings (SSSR count). The normalized spacial score (nSPS) is 46.4. The molecule has 0 unspecified atom stereocenters. The number of alkyl halides is 1. The molecule has 13 heavy (non-hydrogen) atoms. The summed E-state index contributed by atoms with van der Waals surface area (Å²) in [4.78, 5) is 0. The minimum atomic E-state index is -1.18. The van der Waals surface area contributed by atoms with Crippen molar-refractivity contribution >= 4 is 11.6 Å². The van der Waals surface area contributed by atoms with E-state index in [-0.39, 0.29) is 6.61 Å². The maximum atomic E-state index is 9.40. The Morgan fingerprint density at radius 2 is 2.00 bits per heavy atom. The standard InChI is InChI=1S/C7H13ClO5/c1-12-7-4(8)6(11)5(10)3(2-9)13-7/h3-7,9-11H,2H2,1H3/t3-,4-,5+,6-,7-/m1/s1. The van der Waals surface area contributed by atoms with Gasteiger partial charge in [-0.1, -0.05) is 0 Å². The zero-order chi connectivity index (χ0) is 10.0. The van der Waals surface area contributed by atoms with Crippen LogP contribution in [0.25, 0.3) is 0 Å². The summed E-state index contributed by atoms with van der Waals surface area (Å²) in [6, 6.07) is 0. The lowest BCUT2D eigenvalue weighted by Gasteiger charge is -2.38. The molecule has 1 saturated heterocycles. The van der Waals surface area contributed by atoms with Gasteiger partial charge < -0.3 is 24.8 Å². The number of aliphatic hydroxyl groups excluding tert-OH is 3. The van der Waals surface area contributed by atoms with Crippen LogP contribution in [0.15, 0.2) is 0 Å². The van der Waals surface area contributed by atoms with Gasteiger partial charge in [-0.3, -0.25) is 0 Å². The zero-order valence-electron chi connectivity index (χ0n) is 7.13. The fourth-order valence-corrected chi connectivity index (χ4v) is 1.55. The third-order valence-electron chi connectivity index (χ3n) is 2.04. The topological polar surface area (TPSA) is 79.2 Å². The first-order valence-electron chi connectivity index (χ1n) is 3.91. The van der Waals surface area contributed by atoms with Gasteiger partial charge in [0.1, 0.15) is 23.7 Å². The maximum absolute atomic E-state index is 9.40. The quantitative estimate of drug-likeness (QED) is 0.495. The van der Waals surface area contributed by atoms with Crippen molar-refractivity contribution in [3.05, 3.63) is 0 Å². The number of aliphatic hydroxyl groups is 3. The summed E-state index contributed by atoms with van der Waals surface area (Å²) in [6.07, 6.45) is -4.00. The summed E-state index contributed by atoms with van der Waals surface area (Å²) in [7, 11) is 1.37. The molecule has 6 heteroatoms. The van der Waals surface area contributed by atoms with Crippen LogP contribution in [0, 0.1) is 0 Å². The fraction of sp³-hybridized carbons (Fsp3) is 1.00. The lowest BCUT2D eigenvalue weighted by atomic mass is 10.0. The molecule has 0 aromatic carbocycles. The Hall–Kier alpha value is 0.0900. The SMILES string of the molecule is CO[C@@H]1O[C@H](CO)[C@H](O)[C@H](O)[C@H]1Cl. The molecule has 1 heterocycles. The Labute approximate surface area is 80.8 Å². The molecule has 3 N–H and O–H groups in total. The van der Waals surface area contributed by atoms with Crippen LogP contribution in [0.4, 0.5) is 0 Å². The van der Waals surface area contributed by atoms with E-state index >= 15 is 0 Å². The summed E-state index contributed by atoms with van der Waals surface area (Å²) in [6.45, 7) is -0.387. The van der Waals surface area contributed by atoms with E-state index in [1.54, 1.807) is 0 Å². The van der Waals surface area contributed by atoms with E-state index in [9.17, 15) is 10.2 Å². The number of hydrogen-bond acceptors (Lipinski definition) is 5. The molecule has 0 spiro atoms. The molecule has 5 atom stereocenters. The van der Waals surface area contributed by atoms with E-state index in [1.807, 2.05) is 0 Å². The summed E-state index contributed by atoms with van der Waals surface area (Å²) in [5.74, 6) is 0. The summed E-state index contributed by atoms with van der Waals surface area (Å²) in [5.41, 5.74) is 0. The van der Waals surface area contributed by atoms with E-state index in [2.05, 4.69) is 0 Å². The highest BCUT2D eigenvalue weighted by Gasteiger charge is 2.43. The average molecular weight is 213 g/mol. The van der Waals surface area contributed by atoms with Crippen molar-refractivity contribution in [3.8, 4) is 0 Å². The van der Waals surface area contributed by atoms with Gasteiger partial charge >= 0.3 is 0 Å². The van der Waals surface area contributed by atoms with Crippen LogP contribution in [-0.2, 0) is 9.47 Å². The molecule has 0 aromatic rings. The van der Waals surface area contributed by atoms with E-state index in [0.29, 0.717) is 0 Å². The van der Waals surface area contributed by atoms with Gasteiger partial charge in [-0.25, -0.2) is 0 Å². The summed E-state index contributed by atoms with van der Waals surface area (Å²) >= 11 is 5.71. The van der Waals surface area contributed by atoms with E-state index in [1.165, 1.54) is 7.11 Å². The Morgan fingerprint density at radius 3 is 2.46 bits per heavy atom. The van der Waals surface area contributed by atoms with Crippen molar-refractivity contribution in [2.45, 2.75) is 30.0 Å². The second-order valence-corrected chi connectivity index (χ2v) is 3.39. The highest BCUT2D eigenvalue weighted by atomic mass is 35.5. The Balaban J connectivity index is 2.66. The number of halogens is 1. The first kappa shape index (κ1) is 11.2. The van der Waals surface area contributed by atoms with Crippen LogP contribution in [0.1, 0.15) is 0 Å². The number of rotatable bonds is 2. The van der Waals surface area contributed by atoms with Gasteiger partial charge in [0.15, 0.2) is 6.29 Å². The van der Waals surface area contributed by atoms with Crippen molar-refractivity contribution in [3.63, 3.8) is 0 Å². The van der Waals surface area contributed by atoms with Crippen molar-refractivity contribution in [1.29, 1.82) is 0 Å². The van der Waals surface area contributed by atoms with E-state index < -0.39 is 30.0 Å². The van der Waals surface area contributed by atoms with Crippen molar-refractivity contribution in [2.24, 2.45) is 0 Å². The van der Waals surface area contributed by atoms with Crippen molar-refractivity contribution < 1.29 is 24.8 Å². The molecule has 0 amide bonds. The highest BCUT2D eigenvalue weighted by molar-refractivity contribution is 6.21. The van der Waals surface area contributed by atoms with Crippen LogP contribution in [0.5, 0.6) is 0 Å². The molecule has 0 aliphatic carbocycles. The van der Waals surface area contributed by atoms with Gasteiger partial charge in [0.05, 0.1) is 6.61 Å². The molecule has 1 aliphatic rings. The van der Waals surface area contributed by atoms with Crippen LogP contribution >= 0.6 is 11.6 Å². The molecule has 0 radical (unpaired) electrons. The van der Waals surface area contributed by atoms with Crippen molar-refractivity contribution in [2.75, 3.05) is 13.7 Å². The zero-order valence-corrected chi connectivity index (χ0v) is 7.89. The Morgan fingerprint density at radius 1 is 1.38 bits per heavy atom. The largest absolute Gasteiger partial charge is 0.394 e. The Bertz CT molecular complexity index is 147. The van der Waals surface area contributed by atoms with Gasteiger partial charge in [-0.15, -0.1) is 11.6 Å². The molecule has 0 aromatic heterocycles.